The fourth-order valence-electron chi connectivity index (χ4n) is 1.27. The molecule has 0 aromatic heterocycles. The number of hydrogen-bond donors (Lipinski definition) is 2. The predicted octanol–water partition coefficient (Wildman–Crippen LogP) is 0.430. The van der Waals surface area contributed by atoms with Gasteiger partial charge in [-0.25, -0.2) is 0 Å². The Morgan fingerprint density at radius 3 is 3.50 bits per heavy atom. The minimum absolute atomic E-state index is 0.506. The van der Waals surface area contributed by atoms with Crippen molar-refractivity contribution >= 4 is 0 Å². The van der Waals surface area contributed by atoms with Gasteiger partial charge in [0.15, 0.2) is 0 Å². The Labute approximate surface area is 61.0 Å². The number of nitrogens with one attached hydrogen (secondary N) is 2. The number of hydrogen-bond acceptors (Lipinski definition) is 2. The van der Waals surface area contributed by atoms with Crippen molar-refractivity contribution in [1.29, 1.82) is 0 Å². The van der Waals surface area contributed by atoms with Gasteiger partial charge in [-0.2, -0.15) is 0 Å². The van der Waals surface area contributed by atoms with E-state index in [1.165, 1.54) is 5.70 Å². The molecule has 1 aliphatic carbocycles. The lowest BCUT2D eigenvalue weighted by atomic mass is 10.0. The first kappa shape index (κ1) is 5.98. The molecule has 2 heteroatoms. The lowest BCUT2D eigenvalue weighted by molar-refractivity contribution is 0.517. The minimum atomic E-state index is 0.506. The number of rotatable bonds is 0. The molecule has 2 aliphatic rings. The van der Waals surface area contributed by atoms with Crippen molar-refractivity contribution in [2.24, 2.45) is 0 Å². The molecule has 0 aromatic carbocycles. The Morgan fingerprint density at radius 2 is 2.60 bits per heavy atom. The molecule has 0 amide bonds. The molecular formula is C8H10N2. The van der Waals surface area contributed by atoms with Crippen molar-refractivity contribution in [3.63, 3.8) is 0 Å². The second-order valence-corrected chi connectivity index (χ2v) is 2.52. The SMILES string of the molecule is [C]1CNC2CC=CC=C2N1. The van der Waals surface area contributed by atoms with Crippen LogP contribution in [0, 0.1) is 6.54 Å². The monoisotopic (exact) mass is 134 g/mol. The molecule has 1 saturated heterocycles. The highest BCUT2D eigenvalue weighted by atomic mass is 15.1. The summed E-state index contributed by atoms with van der Waals surface area (Å²) >= 11 is 0. The van der Waals surface area contributed by atoms with E-state index in [0.29, 0.717) is 6.04 Å². The third-order valence-corrected chi connectivity index (χ3v) is 1.83. The van der Waals surface area contributed by atoms with Gasteiger partial charge in [-0.3, -0.25) is 0 Å². The van der Waals surface area contributed by atoms with Crippen LogP contribution in [-0.2, 0) is 0 Å². The second-order valence-electron chi connectivity index (χ2n) is 2.52. The summed E-state index contributed by atoms with van der Waals surface area (Å²) in [4.78, 5) is 0. The van der Waals surface area contributed by atoms with Crippen LogP contribution < -0.4 is 10.6 Å². The largest absolute Gasteiger partial charge is 0.376 e. The van der Waals surface area contributed by atoms with Crippen LogP contribution in [-0.4, -0.2) is 12.6 Å². The summed E-state index contributed by atoms with van der Waals surface area (Å²) in [5.74, 6) is 0. The first-order valence-corrected chi connectivity index (χ1v) is 3.56. The van der Waals surface area contributed by atoms with E-state index in [0.717, 1.165) is 13.0 Å². The number of fused-ring (bicyclic) bond motifs is 1. The maximum Gasteiger partial charge on any atom is 0.103 e. The maximum atomic E-state index is 3.33. The second kappa shape index (κ2) is 2.46. The van der Waals surface area contributed by atoms with E-state index >= 15 is 0 Å². The quantitative estimate of drug-likeness (QED) is 0.502. The summed E-state index contributed by atoms with van der Waals surface area (Å²) in [6, 6.07) is 0.506. The predicted molar refractivity (Wildman–Crippen MR) is 40.0 cm³/mol. The zero-order valence-corrected chi connectivity index (χ0v) is 5.72. The van der Waals surface area contributed by atoms with Crippen LogP contribution >= 0.6 is 0 Å². The van der Waals surface area contributed by atoms with Crippen molar-refractivity contribution in [3.05, 3.63) is 30.5 Å². The van der Waals surface area contributed by atoms with Crippen LogP contribution in [0.4, 0.5) is 0 Å². The third-order valence-electron chi connectivity index (χ3n) is 1.83. The molecule has 1 aliphatic heterocycles. The summed E-state index contributed by atoms with van der Waals surface area (Å²) in [5, 5.41) is 6.45. The van der Waals surface area contributed by atoms with Gasteiger partial charge in [0.05, 0.1) is 6.04 Å². The zero-order chi connectivity index (χ0) is 6.81. The lowest BCUT2D eigenvalue weighted by Gasteiger charge is -2.28. The summed E-state index contributed by atoms with van der Waals surface area (Å²) in [6.45, 7) is 3.86. The molecule has 2 radical (unpaired) electrons. The van der Waals surface area contributed by atoms with Crippen LogP contribution in [0.3, 0.4) is 0 Å². The maximum absolute atomic E-state index is 3.33. The molecule has 1 unspecified atom stereocenters. The Bertz CT molecular complexity index is 182. The Balaban J connectivity index is 2.14. The minimum Gasteiger partial charge on any atom is -0.376 e. The molecular weight excluding hydrogens is 124 g/mol. The molecule has 2 N–H and O–H groups in total. The van der Waals surface area contributed by atoms with Crippen LogP contribution in [0.1, 0.15) is 6.42 Å². The van der Waals surface area contributed by atoms with Crippen LogP contribution in [0.15, 0.2) is 23.9 Å². The van der Waals surface area contributed by atoms with E-state index in [1.54, 1.807) is 0 Å². The molecule has 1 fully saturated rings. The van der Waals surface area contributed by atoms with Crippen LogP contribution in [0.5, 0.6) is 0 Å². The Morgan fingerprint density at radius 1 is 1.60 bits per heavy atom. The van der Waals surface area contributed by atoms with Crippen LogP contribution in [0.2, 0.25) is 0 Å². The third kappa shape index (κ3) is 0.948. The Hall–Kier alpha value is -0.760. The zero-order valence-electron chi connectivity index (χ0n) is 5.72. The summed E-state index contributed by atoms with van der Waals surface area (Å²) in [6.07, 6.45) is 7.44. The molecule has 0 spiro atoms. The molecule has 0 bridgehead atoms. The molecule has 10 heavy (non-hydrogen) atoms. The van der Waals surface area contributed by atoms with Gasteiger partial charge < -0.3 is 10.6 Å². The average molecular weight is 134 g/mol. The molecule has 0 saturated carbocycles. The molecule has 0 aromatic rings. The molecule has 2 nitrogen and oxygen atoms in total. The normalized spacial score (nSPS) is 30.4. The highest BCUT2D eigenvalue weighted by Crippen LogP contribution is 2.12. The average Bonchev–Trinajstić information content (AvgIpc) is 2.05. The van der Waals surface area contributed by atoms with Gasteiger partial charge in [-0.15, -0.1) is 0 Å². The van der Waals surface area contributed by atoms with E-state index in [4.69, 9.17) is 0 Å². The first-order chi connectivity index (χ1) is 4.97. The topological polar surface area (TPSA) is 24.1 Å². The van der Waals surface area contributed by atoms with E-state index in [2.05, 4.69) is 35.4 Å². The summed E-state index contributed by atoms with van der Waals surface area (Å²) in [5.41, 5.74) is 1.24. The van der Waals surface area contributed by atoms with Crippen molar-refractivity contribution in [1.82, 2.24) is 10.6 Å². The van der Waals surface area contributed by atoms with Gasteiger partial charge in [-0.1, -0.05) is 12.2 Å². The van der Waals surface area contributed by atoms with Gasteiger partial charge in [0.25, 0.3) is 0 Å². The van der Waals surface area contributed by atoms with Crippen molar-refractivity contribution < 1.29 is 0 Å². The van der Waals surface area contributed by atoms with Crippen molar-refractivity contribution in [3.8, 4) is 0 Å². The van der Waals surface area contributed by atoms with Crippen LogP contribution in [0.25, 0.3) is 0 Å². The smallest absolute Gasteiger partial charge is 0.103 e. The fraction of sp³-hybridized carbons (Fsp3) is 0.375. The molecule has 1 atom stereocenters. The van der Waals surface area contributed by atoms with Gasteiger partial charge >= 0.3 is 0 Å². The van der Waals surface area contributed by atoms with Gasteiger partial charge in [0.1, 0.15) is 6.54 Å². The fourth-order valence-corrected chi connectivity index (χ4v) is 1.27. The summed E-state index contributed by atoms with van der Waals surface area (Å²) in [7, 11) is 0. The first-order valence-electron chi connectivity index (χ1n) is 3.56. The molecule has 1 heterocycles. The Kier molecular flexibility index (Phi) is 1.47. The van der Waals surface area contributed by atoms with E-state index in [-0.39, 0.29) is 0 Å². The lowest BCUT2D eigenvalue weighted by Crippen LogP contribution is -2.44. The van der Waals surface area contributed by atoms with Crippen molar-refractivity contribution in [2.45, 2.75) is 12.5 Å². The standard InChI is InChI=1S/C8H10N2/c1-2-4-8-7(3-1)9-5-6-10-8/h1-3,8-10H,4,6H2. The van der Waals surface area contributed by atoms with Crippen molar-refractivity contribution in [2.75, 3.05) is 6.54 Å². The van der Waals surface area contributed by atoms with Gasteiger partial charge in [0, 0.05) is 12.2 Å². The number of allylic oxidation sites excluding steroid dienone is 2. The van der Waals surface area contributed by atoms with E-state index in [9.17, 15) is 0 Å². The van der Waals surface area contributed by atoms with E-state index in [1.807, 2.05) is 0 Å². The molecule has 52 valence electrons. The summed E-state index contributed by atoms with van der Waals surface area (Å²) < 4.78 is 0. The number of piperazine rings is 1. The highest BCUT2D eigenvalue weighted by molar-refractivity contribution is 5.25. The van der Waals surface area contributed by atoms with Gasteiger partial charge in [-0.05, 0) is 12.5 Å². The van der Waals surface area contributed by atoms with E-state index < -0.39 is 0 Å². The highest BCUT2D eigenvalue weighted by Gasteiger charge is 2.17. The van der Waals surface area contributed by atoms with Gasteiger partial charge in [0.2, 0.25) is 0 Å². The molecule has 2 rings (SSSR count).